The zero-order chi connectivity index (χ0) is 14.7. The maximum absolute atomic E-state index is 8.64. The standard InChI is InChI=1S/C15H15N5S/c1-21-15(17-9-16)18-11-7-5-10(6-8-11)14-12-3-2-4-13(12)19-20-14/h5-8H,2-4H2,1H3,(H,17,18)(H,19,20). The van der Waals surface area contributed by atoms with Crippen molar-refractivity contribution in [3.8, 4) is 17.5 Å². The Balaban J connectivity index is 1.86. The number of fused-ring (bicyclic) bond motifs is 1. The highest BCUT2D eigenvalue weighted by Gasteiger charge is 2.19. The quantitative estimate of drug-likeness (QED) is 0.387. The van der Waals surface area contributed by atoms with Crippen LogP contribution in [0.2, 0.25) is 0 Å². The average molecular weight is 297 g/mol. The normalized spacial score (nSPS) is 13.8. The molecular formula is C15H15N5S. The van der Waals surface area contributed by atoms with Crippen molar-refractivity contribution in [3.63, 3.8) is 0 Å². The zero-order valence-electron chi connectivity index (χ0n) is 11.7. The van der Waals surface area contributed by atoms with E-state index >= 15 is 0 Å². The maximum atomic E-state index is 8.64. The second-order valence-corrected chi connectivity index (χ2v) is 5.58. The van der Waals surface area contributed by atoms with Crippen LogP contribution in [0, 0.1) is 11.5 Å². The van der Waals surface area contributed by atoms with E-state index < -0.39 is 0 Å². The number of hydrogen-bond acceptors (Lipinski definition) is 4. The number of aryl methyl sites for hydroxylation is 1. The van der Waals surface area contributed by atoms with Gasteiger partial charge in [0.25, 0.3) is 0 Å². The van der Waals surface area contributed by atoms with Gasteiger partial charge in [0, 0.05) is 16.8 Å². The molecule has 0 amide bonds. The van der Waals surface area contributed by atoms with E-state index in [-0.39, 0.29) is 0 Å². The summed E-state index contributed by atoms with van der Waals surface area (Å²) >= 11 is 1.41. The molecule has 2 N–H and O–H groups in total. The highest BCUT2D eigenvalue weighted by Crippen LogP contribution is 2.31. The maximum Gasteiger partial charge on any atom is 0.183 e. The van der Waals surface area contributed by atoms with Gasteiger partial charge >= 0.3 is 0 Å². The van der Waals surface area contributed by atoms with Crippen molar-refractivity contribution in [2.45, 2.75) is 19.3 Å². The first-order valence-electron chi connectivity index (χ1n) is 6.76. The van der Waals surface area contributed by atoms with Gasteiger partial charge in [0.2, 0.25) is 0 Å². The Morgan fingerprint density at radius 1 is 1.38 bits per heavy atom. The first-order valence-corrected chi connectivity index (χ1v) is 7.98. The van der Waals surface area contributed by atoms with E-state index in [2.05, 4.69) is 20.5 Å². The molecule has 5 nitrogen and oxygen atoms in total. The fraction of sp³-hybridized carbons (Fsp3) is 0.267. The molecule has 1 aliphatic carbocycles. The van der Waals surface area contributed by atoms with Crippen molar-refractivity contribution >= 4 is 22.6 Å². The summed E-state index contributed by atoms with van der Waals surface area (Å²) in [4.78, 5) is 4.38. The molecular weight excluding hydrogens is 282 g/mol. The number of amidine groups is 1. The smallest absolute Gasteiger partial charge is 0.183 e. The molecule has 0 bridgehead atoms. The molecule has 3 rings (SSSR count). The predicted octanol–water partition coefficient (Wildman–Crippen LogP) is 2.99. The number of thioether (sulfide) groups is 1. The van der Waals surface area contributed by atoms with Gasteiger partial charge in [-0.25, -0.2) is 4.99 Å². The summed E-state index contributed by atoms with van der Waals surface area (Å²) in [6.45, 7) is 0. The predicted molar refractivity (Wildman–Crippen MR) is 85.4 cm³/mol. The van der Waals surface area contributed by atoms with Crippen molar-refractivity contribution in [1.29, 1.82) is 5.26 Å². The molecule has 6 heteroatoms. The van der Waals surface area contributed by atoms with Crippen LogP contribution >= 0.6 is 11.8 Å². The minimum Gasteiger partial charge on any atom is -0.282 e. The summed E-state index contributed by atoms with van der Waals surface area (Å²) in [6.07, 6.45) is 7.17. The lowest BCUT2D eigenvalue weighted by molar-refractivity contribution is 0.867. The molecule has 2 aromatic rings. The van der Waals surface area contributed by atoms with Crippen LogP contribution in [0.1, 0.15) is 17.7 Å². The number of aromatic amines is 1. The van der Waals surface area contributed by atoms with Gasteiger partial charge in [-0.05, 0) is 37.7 Å². The van der Waals surface area contributed by atoms with Crippen molar-refractivity contribution in [2.75, 3.05) is 6.26 Å². The van der Waals surface area contributed by atoms with Crippen molar-refractivity contribution in [2.24, 2.45) is 4.99 Å². The van der Waals surface area contributed by atoms with Gasteiger partial charge in [0.15, 0.2) is 11.4 Å². The minimum atomic E-state index is 0.589. The zero-order valence-corrected chi connectivity index (χ0v) is 12.5. The first kappa shape index (κ1) is 13.7. The van der Waals surface area contributed by atoms with Gasteiger partial charge < -0.3 is 0 Å². The molecule has 21 heavy (non-hydrogen) atoms. The third-order valence-electron chi connectivity index (χ3n) is 3.53. The Hall–Kier alpha value is -2.26. The number of nitrogens with zero attached hydrogens (tertiary/aromatic N) is 3. The summed E-state index contributed by atoms with van der Waals surface area (Å²) in [5.41, 5.74) is 5.60. The van der Waals surface area contributed by atoms with E-state index in [1.54, 1.807) is 0 Å². The summed E-state index contributed by atoms with van der Waals surface area (Å²) in [5.74, 6) is 0. The fourth-order valence-corrected chi connectivity index (χ4v) is 2.89. The van der Waals surface area contributed by atoms with Crippen LogP contribution in [0.25, 0.3) is 11.3 Å². The monoisotopic (exact) mass is 297 g/mol. The van der Waals surface area contributed by atoms with Gasteiger partial charge in [0.1, 0.15) is 0 Å². The molecule has 106 valence electrons. The summed E-state index contributed by atoms with van der Waals surface area (Å²) in [7, 11) is 0. The summed E-state index contributed by atoms with van der Waals surface area (Å²) in [6, 6.07) is 7.94. The Labute approximate surface area is 127 Å². The molecule has 0 spiro atoms. The van der Waals surface area contributed by atoms with E-state index in [0.717, 1.165) is 29.8 Å². The van der Waals surface area contributed by atoms with Gasteiger partial charge in [-0.2, -0.15) is 10.4 Å². The Kier molecular flexibility index (Phi) is 3.93. The SMILES string of the molecule is CSC(=Nc1ccc(-c2n[nH]c3c2CCC3)cc1)NC#N. The van der Waals surface area contributed by atoms with Crippen LogP contribution in [0.3, 0.4) is 0 Å². The number of benzene rings is 1. The van der Waals surface area contributed by atoms with Crippen LogP contribution in [0.4, 0.5) is 5.69 Å². The van der Waals surface area contributed by atoms with Crippen molar-refractivity contribution in [1.82, 2.24) is 15.5 Å². The van der Waals surface area contributed by atoms with Crippen LogP contribution in [0.5, 0.6) is 0 Å². The molecule has 0 aliphatic heterocycles. The molecule has 0 atom stereocenters. The Morgan fingerprint density at radius 2 is 2.19 bits per heavy atom. The first-order chi connectivity index (χ1) is 10.3. The molecule has 0 saturated heterocycles. The van der Waals surface area contributed by atoms with Crippen LogP contribution in [-0.4, -0.2) is 21.6 Å². The van der Waals surface area contributed by atoms with Crippen LogP contribution < -0.4 is 5.32 Å². The van der Waals surface area contributed by atoms with Crippen molar-refractivity contribution < 1.29 is 0 Å². The second-order valence-electron chi connectivity index (χ2n) is 4.79. The fourth-order valence-electron chi connectivity index (χ4n) is 2.54. The summed E-state index contributed by atoms with van der Waals surface area (Å²) < 4.78 is 0. The van der Waals surface area contributed by atoms with Crippen molar-refractivity contribution in [3.05, 3.63) is 35.5 Å². The topological polar surface area (TPSA) is 76.9 Å². The average Bonchev–Trinajstić information content (AvgIpc) is 3.10. The molecule has 1 aromatic heterocycles. The van der Waals surface area contributed by atoms with Gasteiger partial charge in [0.05, 0.1) is 11.4 Å². The number of aromatic nitrogens is 2. The summed E-state index contributed by atoms with van der Waals surface area (Å²) in [5, 5.41) is 19.3. The number of rotatable bonds is 2. The Morgan fingerprint density at radius 3 is 2.90 bits per heavy atom. The van der Waals surface area contributed by atoms with Gasteiger partial charge in [-0.15, -0.1) is 0 Å². The van der Waals surface area contributed by atoms with E-state index in [0.29, 0.717) is 5.17 Å². The molecule has 1 aromatic carbocycles. The minimum absolute atomic E-state index is 0.589. The lowest BCUT2D eigenvalue weighted by atomic mass is 10.1. The number of hydrogen-bond donors (Lipinski definition) is 2. The van der Waals surface area contributed by atoms with Gasteiger partial charge in [-0.3, -0.25) is 10.4 Å². The molecule has 1 heterocycles. The van der Waals surface area contributed by atoms with Crippen LogP contribution in [-0.2, 0) is 12.8 Å². The van der Waals surface area contributed by atoms with E-state index in [9.17, 15) is 0 Å². The third-order valence-corrected chi connectivity index (χ3v) is 4.11. The highest BCUT2D eigenvalue weighted by atomic mass is 32.2. The number of aliphatic imine (C=N–C) groups is 1. The number of nitriles is 1. The van der Waals surface area contributed by atoms with E-state index in [1.807, 2.05) is 36.7 Å². The van der Waals surface area contributed by atoms with E-state index in [1.165, 1.54) is 29.4 Å². The number of nitrogens with one attached hydrogen (secondary N) is 2. The third kappa shape index (κ3) is 2.78. The largest absolute Gasteiger partial charge is 0.282 e. The highest BCUT2D eigenvalue weighted by molar-refractivity contribution is 8.13. The Bertz CT molecular complexity index is 709. The second kappa shape index (κ2) is 6.02. The van der Waals surface area contributed by atoms with E-state index in [4.69, 9.17) is 5.26 Å². The van der Waals surface area contributed by atoms with Crippen LogP contribution in [0.15, 0.2) is 29.3 Å². The van der Waals surface area contributed by atoms with Gasteiger partial charge in [-0.1, -0.05) is 23.9 Å². The lowest BCUT2D eigenvalue weighted by Gasteiger charge is -2.02. The molecule has 0 radical (unpaired) electrons. The molecule has 0 fully saturated rings. The lowest BCUT2D eigenvalue weighted by Crippen LogP contribution is -2.12. The number of H-pyrrole nitrogens is 1. The molecule has 0 unspecified atom stereocenters. The molecule has 1 aliphatic rings. The molecule has 0 saturated carbocycles.